The number of carbonyl (C=O) groups is 2. The number of pyridine rings is 1. The number of carboxylic acids is 1. The Labute approximate surface area is 100 Å². The smallest absolute Gasteiger partial charge is 0.308 e. The van der Waals surface area contributed by atoms with Gasteiger partial charge in [-0.25, -0.2) is 0 Å². The number of amides is 1. The van der Waals surface area contributed by atoms with E-state index in [0.717, 1.165) is 5.56 Å². The van der Waals surface area contributed by atoms with Crippen LogP contribution in [0.3, 0.4) is 0 Å². The van der Waals surface area contributed by atoms with Gasteiger partial charge >= 0.3 is 5.97 Å². The van der Waals surface area contributed by atoms with Crippen LogP contribution in [0.1, 0.15) is 22.8 Å². The SMILES string of the molecule is Cc1cncc(C(=O)N(C)CC(C)C(=O)O)c1. The van der Waals surface area contributed by atoms with Gasteiger partial charge < -0.3 is 10.0 Å². The largest absolute Gasteiger partial charge is 0.481 e. The summed E-state index contributed by atoms with van der Waals surface area (Å²) in [6.45, 7) is 3.60. The lowest BCUT2D eigenvalue weighted by Gasteiger charge is -2.19. The topological polar surface area (TPSA) is 70.5 Å². The number of aryl methyl sites for hydroxylation is 1. The highest BCUT2D eigenvalue weighted by Crippen LogP contribution is 2.07. The molecule has 1 aromatic rings. The van der Waals surface area contributed by atoms with Gasteiger partial charge in [-0.2, -0.15) is 0 Å². The molecule has 0 radical (unpaired) electrons. The predicted octanol–water partition coefficient (Wildman–Crippen LogP) is 1.18. The van der Waals surface area contributed by atoms with E-state index in [1.807, 2.05) is 6.92 Å². The van der Waals surface area contributed by atoms with E-state index < -0.39 is 11.9 Å². The molecule has 0 aliphatic carbocycles. The maximum absolute atomic E-state index is 11.9. The summed E-state index contributed by atoms with van der Waals surface area (Å²) >= 11 is 0. The van der Waals surface area contributed by atoms with Gasteiger partial charge in [0, 0.05) is 26.0 Å². The molecule has 0 aliphatic rings. The number of aliphatic carboxylic acids is 1. The number of carboxylic acid groups (broad SMARTS) is 1. The van der Waals surface area contributed by atoms with Crippen molar-refractivity contribution in [2.24, 2.45) is 5.92 Å². The summed E-state index contributed by atoms with van der Waals surface area (Å²) in [6.07, 6.45) is 3.15. The van der Waals surface area contributed by atoms with E-state index in [-0.39, 0.29) is 12.5 Å². The lowest BCUT2D eigenvalue weighted by atomic mass is 10.1. The van der Waals surface area contributed by atoms with Crippen molar-refractivity contribution in [2.75, 3.05) is 13.6 Å². The molecule has 17 heavy (non-hydrogen) atoms. The van der Waals surface area contributed by atoms with Gasteiger partial charge in [0.1, 0.15) is 0 Å². The van der Waals surface area contributed by atoms with E-state index in [1.54, 1.807) is 26.2 Å². The van der Waals surface area contributed by atoms with Crippen LogP contribution in [-0.4, -0.2) is 40.5 Å². The van der Waals surface area contributed by atoms with E-state index in [4.69, 9.17) is 5.11 Å². The summed E-state index contributed by atoms with van der Waals surface area (Å²) in [5.41, 5.74) is 1.38. The Morgan fingerprint density at radius 3 is 2.65 bits per heavy atom. The number of aromatic nitrogens is 1. The van der Waals surface area contributed by atoms with Crippen molar-refractivity contribution < 1.29 is 14.7 Å². The fourth-order valence-electron chi connectivity index (χ4n) is 1.46. The third-order valence-corrected chi connectivity index (χ3v) is 2.44. The molecule has 5 heteroatoms. The van der Waals surface area contributed by atoms with Crippen molar-refractivity contribution in [1.82, 2.24) is 9.88 Å². The van der Waals surface area contributed by atoms with Crippen molar-refractivity contribution in [3.63, 3.8) is 0 Å². The molecule has 1 amide bonds. The first-order valence-corrected chi connectivity index (χ1v) is 5.31. The first-order chi connectivity index (χ1) is 7.91. The third kappa shape index (κ3) is 3.55. The minimum Gasteiger partial charge on any atom is -0.481 e. The van der Waals surface area contributed by atoms with E-state index >= 15 is 0 Å². The van der Waals surface area contributed by atoms with Crippen molar-refractivity contribution in [3.8, 4) is 0 Å². The van der Waals surface area contributed by atoms with E-state index in [2.05, 4.69) is 4.98 Å². The first-order valence-electron chi connectivity index (χ1n) is 5.31. The Bertz CT molecular complexity index is 432. The van der Waals surface area contributed by atoms with Crippen molar-refractivity contribution in [2.45, 2.75) is 13.8 Å². The Morgan fingerprint density at radius 1 is 1.47 bits per heavy atom. The molecule has 1 atom stereocenters. The highest BCUT2D eigenvalue weighted by molar-refractivity contribution is 5.94. The normalized spacial score (nSPS) is 11.9. The maximum atomic E-state index is 11.9. The summed E-state index contributed by atoms with van der Waals surface area (Å²) in [7, 11) is 1.59. The zero-order valence-corrected chi connectivity index (χ0v) is 10.2. The maximum Gasteiger partial charge on any atom is 0.308 e. The second-order valence-corrected chi connectivity index (χ2v) is 4.18. The molecule has 1 rings (SSSR count). The first kappa shape index (κ1) is 13.2. The van der Waals surface area contributed by atoms with Gasteiger partial charge in [0.15, 0.2) is 0 Å². The minimum atomic E-state index is -0.910. The molecule has 0 bridgehead atoms. The molecule has 0 saturated heterocycles. The molecular formula is C12H16N2O3. The summed E-state index contributed by atoms with van der Waals surface area (Å²) in [5.74, 6) is -1.71. The highest BCUT2D eigenvalue weighted by atomic mass is 16.4. The lowest BCUT2D eigenvalue weighted by molar-refractivity contribution is -0.141. The Morgan fingerprint density at radius 2 is 2.12 bits per heavy atom. The van der Waals surface area contributed by atoms with E-state index in [1.165, 1.54) is 11.1 Å². The van der Waals surface area contributed by atoms with Gasteiger partial charge in [-0.05, 0) is 18.6 Å². The minimum absolute atomic E-state index is 0.183. The zero-order chi connectivity index (χ0) is 13.0. The number of hydrogen-bond acceptors (Lipinski definition) is 3. The van der Waals surface area contributed by atoms with Crippen molar-refractivity contribution in [3.05, 3.63) is 29.6 Å². The van der Waals surface area contributed by atoms with Gasteiger partial charge in [-0.1, -0.05) is 6.92 Å². The molecule has 92 valence electrons. The van der Waals surface area contributed by atoms with Crippen LogP contribution >= 0.6 is 0 Å². The number of nitrogens with zero attached hydrogens (tertiary/aromatic N) is 2. The average molecular weight is 236 g/mol. The zero-order valence-electron chi connectivity index (χ0n) is 10.2. The summed E-state index contributed by atoms with van der Waals surface area (Å²) in [5, 5.41) is 8.78. The average Bonchev–Trinajstić information content (AvgIpc) is 2.27. The van der Waals surface area contributed by atoms with Crippen LogP contribution in [-0.2, 0) is 4.79 Å². The number of rotatable bonds is 4. The Hall–Kier alpha value is -1.91. The van der Waals surface area contributed by atoms with Crippen molar-refractivity contribution >= 4 is 11.9 Å². The molecule has 0 saturated carbocycles. The van der Waals surface area contributed by atoms with Crippen LogP contribution in [0.4, 0.5) is 0 Å². The molecule has 5 nitrogen and oxygen atoms in total. The number of carbonyl (C=O) groups excluding carboxylic acids is 1. The van der Waals surface area contributed by atoms with Crippen LogP contribution in [0.15, 0.2) is 18.5 Å². The molecule has 0 spiro atoms. The molecule has 1 aromatic heterocycles. The van der Waals surface area contributed by atoms with Crippen LogP contribution in [0, 0.1) is 12.8 Å². The van der Waals surface area contributed by atoms with Crippen molar-refractivity contribution in [1.29, 1.82) is 0 Å². The van der Waals surface area contributed by atoms with Crippen LogP contribution in [0.5, 0.6) is 0 Å². The van der Waals surface area contributed by atoms with E-state index in [0.29, 0.717) is 5.56 Å². The lowest BCUT2D eigenvalue weighted by Crippen LogP contribution is -2.33. The predicted molar refractivity (Wildman–Crippen MR) is 62.7 cm³/mol. The third-order valence-electron chi connectivity index (χ3n) is 2.44. The molecule has 0 fully saturated rings. The number of hydrogen-bond donors (Lipinski definition) is 1. The monoisotopic (exact) mass is 236 g/mol. The van der Waals surface area contributed by atoms with Crippen LogP contribution in [0.2, 0.25) is 0 Å². The molecule has 1 N–H and O–H groups in total. The summed E-state index contributed by atoms with van der Waals surface area (Å²) in [6, 6.07) is 1.73. The Balaban J connectivity index is 2.73. The fraction of sp³-hybridized carbons (Fsp3) is 0.417. The summed E-state index contributed by atoms with van der Waals surface area (Å²) in [4.78, 5) is 28.0. The quantitative estimate of drug-likeness (QED) is 0.852. The second kappa shape index (κ2) is 5.43. The highest BCUT2D eigenvalue weighted by Gasteiger charge is 2.18. The fourth-order valence-corrected chi connectivity index (χ4v) is 1.46. The standard InChI is InChI=1S/C12H16N2O3/c1-8-4-10(6-13-5-8)11(15)14(3)7-9(2)12(16)17/h4-6,9H,7H2,1-3H3,(H,16,17). The van der Waals surface area contributed by atoms with E-state index in [9.17, 15) is 9.59 Å². The Kier molecular flexibility index (Phi) is 4.20. The molecule has 0 aliphatic heterocycles. The second-order valence-electron chi connectivity index (χ2n) is 4.18. The van der Waals surface area contributed by atoms with Gasteiger partial charge in [0.2, 0.25) is 0 Å². The van der Waals surface area contributed by atoms with Crippen LogP contribution < -0.4 is 0 Å². The summed E-state index contributed by atoms with van der Waals surface area (Å²) < 4.78 is 0. The molecule has 0 aromatic carbocycles. The van der Waals surface area contributed by atoms with Gasteiger partial charge in [-0.3, -0.25) is 14.6 Å². The van der Waals surface area contributed by atoms with Crippen LogP contribution in [0.25, 0.3) is 0 Å². The van der Waals surface area contributed by atoms with Gasteiger partial charge in [-0.15, -0.1) is 0 Å². The molecule has 1 heterocycles. The molecule has 1 unspecified atom stereocenters. The molecular weight excluding hydrogens is 220 g/mol. The van der Waals surface area contributed by atoms with Gasteiger partial charge in [0.05, 0.1) is 11.5 Å². The van der Waals surface area contributed by atoms with Gasteiger partial charge in [0.25, 0.3) is 5.91 Å².